The Labute approximate surface area is 107 Å². The van der Waals surface area contributed by atoms with Crippen LogP contribution in [0.2, 0.25) is 0 Å². The summed E-state index contributed by atoms with van der Waals surface area (Å²) in [4.78, 5) is 15.4. The standard InChI is InChI=1S/C15H18N2O/c1-3-9-17-10-8-16-15(17)14-6-4-13(5-7-14)11-12(2)18/h4-8,10H,3,9,11H2,1-2H3. The van der Waals surface area contributed by atoms with E-state index in [2.05, 4.69) is 16.5 Å². The van der Waals surface area contributed by atoms with E-state index in [4.69, 9.17) is 0 Å². The minimum atomic E-state index is 0.190. The minimum Gasteiger partial charge on any atom is -0.331 e. The first-order valence-electron chi connectivity index (χ1n) is 6.30. The molecule has 0 aliphatic rings. The molecule has 0 amide bonds. The second kappa shape index (κ2) is 5.63. The molecule has 0 fully saturated rings. The number of carbonyl (C=O) groups excluding carboxylic acids is 1. The Balaban J connectivity index is 2.23. The van der Waals surface area contributed by atoms with Gasteiger partial charge in [0.25, 0.3) is 0 Å². The molecule has 94 valence electrons. The summed E-state index contributed by atoms with van der Waals surface area (Å²) in [6.07, 6.45) is 5.42. The van der Waals surface area contributed by atoms with E-state index >= 15 is 0 Å². The highest BCUT2D eigenvalue weighted by molar-refractivity contribution is 5.78. The van der Waals surface area contributed by atoms with E-state index in [1.165, 1.54) is 0 Å². The van der Waals surface area contributed by atoms with Crippen molar-refractivity contribution in [1.82, 2.24) is 9.55 Å². The Morgan fingerprint density at radius 3 is 2.61 bits per heavy atom. The van der Waals surface area contributed by atoms with Crippen molar-refractivity contribution < 1.29 is 4.79 Å². The molecule has 0 bridgehead atoms. The summed E-state index contributed by atoms with van der Waals surface area (Å²) in [5, 5.41) is 0. The van der Waals surface area contributed by atoms with Gasteiger partial charge in [0, 0.05) is 30.9 Å². The van der Waals surface area contributed by atoms with Gasteiger partial charge in [-0.25, -0.2) is 4.98 Å². The van der Waals surface area contributed by atoms with Gasteiger partial charge in [-0.2, -0.15) is 0 Å². The number of hydrogen-bond donors (Lipinski definition) is 0. The summed E-state index contributed by atoms with van der Waals surface area (Å²) in [6.45, 7) is 4.74. The molecule has 0 unspecified atom stereocenters. The SMILES string of the molecule is CCCn1ccnc1-c1ccc(CC(C)=O)cc1. The van der Waals surface area contributed by atoms with Crippen LogP contribution in [0.25, 0.3) is 11.4 Å². The molecule has 0 atom stereocenters. The van der Waals surface area contributed by atoms with Gasteiger partial charge < -0.3 is 4.57 Å². The van der Waals surface area contributed by atoms with Gasteiger partial charge in [0.1, 0.15) is 11.6 Å². The molecule has 0 aliphatic carbocycles. The summed E-state index contributed by atoms with van der Waals surface area (Å²) in [5.41, 5.74) is 2.15. The number of Topliss-reactive ketones (excluding diaryl/α,β-unsaturated/α-hetero) is 1. The number of nitrogens with zero attached hydrogens (tertiary/aromatic N) is 2. The first-order chi connectivity index (χ1) is 8.70. The molecule has 2 rings (SSSR count). The van der Waals surface area contributed by atoms with Gasteiger partial charge in [0.15, 0.2) is 0 Å². The van der Waals surface area contributed by atoms with E-state index in [-0.39, 0.29) is 5.78 Å². The molecule has 1 heterocycles. The average molecular weight is 242 g/mol. The molecule has 0 N–H and O–H groups in total. The van der Waals surface area contributed by atoms with Crippen LogP contribution in [-0.4, -0.2) is 15.3 Å². The Bertz CT molecular complexity index is 526. The first-order valence-corrected chi connectivity index (χ1v) is 6.30. The summed E-state index contributed by atoms with van der Waals surface area (Å²) in [6, 6.07) is 8.07. The molecule has 0 saturated heterocycles. The molecule has 2 aromatic rings. The van der Waals surface area contributed by atoms with Crippen molar-refractivity contribution in [2.75, 3.05) is 0 Å². The van der Waals surface area contributed by atoms with Gasteiger partial charge in [0.2, 0.25) is 0 Å². The normalized spacial score (nSPS) is 10.6. The molecule has 0 spiro atoms. The van der Waals surface area contributed by atoms with Crippen molar-refractivity contribution >= 4 is 5.78 Å². The molecule has 0 aliphatic heterocycles. The molecule has 18 heavy (non-hydrogen) atoms. The van der Waals surface area contributed by atoms with Gasteiger partial charge in [-0.3, -0.25) is 4.79 Å². The Morgan fingerprint density at radius 2 is 2.00 bits per heavy atom. The maximum atomic E-state index is 11.0. The van der Waals surface area contributed by atoms with Gasteiger partial charge >= 0.3 is 0 Å². The van der Waals surface area contributed by atoms with E-state index in [0.29, 0.717) is 6.42 Å². The van der Waals surface area contributed by atoms with E-state index in [1.807, 2.05) is 36.7 Å². The van der Waals surface area contributed by atoms with Crippen LogP contribution in [0.1, 0.15) is 25.8 Å². The van der Waals surface area contributed by atoms with Crippen molar-refractivity contribution in [2.24, 2.45) is 0 Å². The molecule has 3 heteroatoms. The fraction of sp³-hybridized carbons (Fsp3) is 0.333. The predicted molar refractivity (Wildman–Crippen MR) is 72.3 cm³/mol. The maximum absolute atomic E-state index is 11.0. The highest BCUT2D eigenvalue weighted by atomic mass is 16.1. The van der Waals surface area contributed by atoms with E-state index in [1.54, 1.807) is 6.92 Å². The van der Waals surface area contributed by atoms with Crippen molar-refractivity contribution in [1.29, 1.82) is 0 Å². The molecular weight excluding hydrogens is 224 g/mol. The van der Waals surface area contributed by atoms with E-state index < -0.39 is 0 Å². The largest absolute Gasteiger partial charge is 0.331 e. The lowest BCUT2D eigenvalue weighted by atomic mass is 10.1. The Kier molecular flexibility index (Phi) is 3.92. The lowest BCUT2D eigenvalue weighted by molar-refractivity contribution is -0.116. The molecule has 0 radical (unpaired) electrons. The van der Waals surface area contributed by atoms with Crippen LogP contribution in [0.3, 0.4) is 0 Å². The number of carbonyl (C=O) groups is 1. The third-order valence-corrected chi connectivity index (χ3v) is 2.85. The van der Waals surface area contributed by atoms with E-state index in [9.17, 15) is 4.79 Å². The summed E-state index contributed by atoms with van der Waals surface area (Å²) in [7, 11) is 0. The lowest BCUT2D eigenvalue weighted by Crippen LogP contribution is -1.99. The highest BCUT2D eigenvalue weighted by Gasteiger charge is 2.05. The number of hydrogen-bond acceptors (Lipinski definition) is 2. The smallest absolute Gasteiger partial charge is 0.139 e. The van der Waals surface area contributed by atoms with Crippen LogP contribution in [0.4, 0.5) is 0 Å². The fourth-order valence-electron chi connectivity index (χ4n) is 2.05. The highest BCUT2D eigenvalue weighted by Crippen LogP contribution is 2.18. The monoisotopic (exact) mass is 242 g/mol. The molecule has 1 aromatic heterocycles. The zero-order chi connectivity index (χ0) is 13.0. The van der Waals surface area contributed by atoms with Crippen LogP contribution in [0.5, 0.6) is 0 Å². The third kappa shape index (κ3) is 2.86. The quantitative estimate of drug-likeness (QED) is 0.807. The van der Waals surface area contributed by atoms with Crippen molar-refractivity contribution in [3.05, 3.63) is 42.2 Å². The molecule has 3 nitrogen and oxygen atoms in total. The van der Waals surface area contributed by atoms with Crippen LogP contribution in [-0.2, 0) is 17.8 Å². The average Bonchev–Trinajstić information content (AvgIpc) is 2.78. The van der Waals surface area contributed by atoms with Crippen molar-refractivity contribution in [3.8, 4) is 11.4 Å². The van der Waals surface area contributed by atoms with E-state index in [0.717, 1.165) is 29.9 Å². The second-order valence-corrected chi connectivity index (χ2v) is 4.52. The Morgan fingerprint density at radius 1 is 1.28 bits per heavy atom. The van der Waals surface area contributed by atoms with Gasteiger partial charge in [-0.05, 0) is 18.9 Å². The topological polar surface area (TPSA) is 34.9 Å². The Hall–Kier alpha value is -1.90. The number of aromatic nitrogens is 2. The number of rotatable bonds is 5. The molecule has 0 saturated carbocycles. The predicted octanol–water partition coefficient (Wildman–Crippen LogP) is 3.09. The fourth-order valence-corrected chi connectivity index (χ4v) is 2.05. The van der Waals surface area contributed by atoms with Crippen LogP contribution in [0, 0.1) is 0 Å². The van der Waals surface area contributed by atoms with Crippen LogP contribution in [0.15, 0.2) is 36.7 Å². The number of benzene rings is 1. The number of imidazole rings is 1. The molecular formula is C15H18N2O. The van der Waals surface area contributed by atoms with Crippen molar-refractivity contribution in [3.63, 3.8) is 0 Å². The zero-order valence-corrected chi connectivity index (χ0v) is 10.9. The van der Waals surface area contributed by atoms with Crippen LogP contribution < -0.4 is 0 Å². The second-order valence-electron chi connectivity index (χ2n) is 4.52. The van der Waals surface area contributed by atoms with Gasteiger partial charge in [0.05, 0.1) is 0 Å². The van der Waals surface area contributed by atoms with Crippen molar-refractivity contribution in [2.45, 2.75) is 33.2 Å². The van der Waals surface area contributed by atoms with Gasteiger partial charge in [-0.1, -0.05) is 31.2 Å². The number of ketones is 1. The summed E-state index contributed by atoms with van der Waals surface area (Å²) < 4.78 is 2.15. The molecule has 1 aromatic carbocycles. The first kappa shape index (κ1) is 12.6. The summed E-state index contributed by atoms with van der Waals surface area (Å²) >= 11 is 0. The van der Waals surface area contributed by atoms with Crippen LogP contribution >= 0.6 is 0 Å². The van der Waals surface area contributed by atoms with Gasteiger partial charge in [-0.15, -0.1) is 0 Å². The minimum absolute atomic E-state index is 0.190. The number of aryl methyl sites for hydroxylation is 1. The zero-order valence-electron chi connectivity index (χ0n) is 10.9. The maximum Gasteiger partial charge on any atom is 0.139 e. The lowest BCUT2D eigenvalue weighted by Gasteiger charge is -2.07. The third-order valence-electron chi connectivity index (χ3n) is 2.85. The summed E-state index contributed by atoms with van der Waals surface area (Å²) in [5.74, 6) is 1.18.